The Bertz CT molecular complexity index is 553. The lowest BCUT2D eigenvalue weighted by molar-refractivity contribution is -0.129. The Kier molecular flexibility index (Phi) is 3.24. The van der Waals surface area contributed by atoms with Gasteiger partial charge in [0.1, 0.15) is 0 Å². The van der Waals surface area contributed by atoms with Gasteiger partial charge in [0, 0.05) is 31.2 Å². The number of nitrogens with zero attached hydrogens (tertiary/aromatic N) is 2. The first-order valence-electron chi connectivity index (χ1n) is 7.26. The number of anilines is 1. The summed E-state index contributed by atoms with van der Waals surface area (Å²) < 4.78 is 0. The van der Waals surface area contributed by atoms with Crippen LogP contribution in [0.3, 0.4) is 0 Å². The summed E-state index contributed by atoms with van der Waals surface area (Å²) >= 11 is 0. The largest absolute Gasteiger partial charge is 0.339 e. The predicted molar refractivity (Wildman–Crippen MR) is 77.5 cm³/mol. The van der Waals surface area contributed by atoms with Crippen molar-refractivity contribution >= 4 is 17.5 Å². The first kappa shape index (κ1) is 13.2. The van der Waals surface area contributed by atoms with Crippen LogP contribution in [0.2, 0.25) is 0 Å². The highest BCUT2D eigenvalue weighted by Crippen LogP contribution is 2.31. The Balaban J connectivity index is 1.77. The van der Waals surface area contributed by atoms with Gasteiger partial charge in [0.15, 0.2) is 0 Å². The third kappa shape index (κ3) is 2.09. The van der Waals surface area contributed by atoms with Crippen molar-refractivity contribution in [2.75, 3.05) is 18.0 Å². The summed E-state index contributed by atoms with van der Waals surface area (Å²) in [6, 6.07) is 8.21. The fourth-order valence-corrected chi connectivity index (χ4v) is 3.18. The van der Waals surface area contributed by atoms with E-state index >= 15 is 0 Å². The molecule has 0 aromatic heterocycles. The van der Waals surface area contributed by atoms with Gasteiger partial charge in [0.05, 0.1) is 5.92 Å². The summed E-state index contributed by atoms with van der Waals surface area (Å²) in [5.41, 5.74) is 2.25. The molecular formula is C16H20N2O2. The fraction of sp³-hybridized carbons (Fsp3) is 0.500. The highest BCUT2D eigenvalue weighted by Gasteiger charge is 2.39. The van der Waals surface area contributed by atoms with Crippen LogP contribution in [0.15, 0.2) is 24.3 Å². The molecule has 2 heterocycles. The summed E-state index contributed by atoms with van der Waals surface area (Å²) in [6.07, 6.45) is 1.27. The Hall–Kier alpha value is -1.84. The molecule has 3 rings (SSSR count). The molecule has 4 nitrogen and oxygen atoms in total. The molecule has 2 aliphatic heterocycles. The highest BCUT2D eigenvalue weighted by molar-refractivity contribution is 6.00. The van der Waals surface area contributed by atoms with Crippen LogP contribution in [0.25, 0.3) is 0 Å². The second-order valence-corrected chi connectivity index (χ2v) is 5.91. The molecule has 2 aliphatic rings. The minimum atomic E-state index is -0.184. The number of para-hydroxylation sites is 1. The zero-order valence-electron chi connectivity index (χ0n) is 12.0. The van der Waals surface area contributed by atoms with E-state index in [4.69, 9.17) is 0 Å². The van der Waals surface area contributed by atoms with E-state index in [0.29, 0.717) is 13.0 Å². The summed E-state index contributed by atoms with van der Waals surface area (Å²) in [5, 5.41) is 0. The number of benzene rings is 1. The lowest BCUT2D eigenvalue weighted by atomic mass is 10.1. The number of amides is 2. The Morgan fingerprint density at radius 1 is 1.30 bits per heavy atom. The predicted octanol–water partition coefficient (Wildman–Crippen LogP) is 1.83. The number of fused-ring (bicyclic) bond motifs is 1. The van der Waals surface area contributed by atoms with Crippen molar-refractivity contribution in [3.8, 4) is 0 Å². The number of likely N-dealkylation sites (tertiary alicyclic amines) is 1. The van der Waals surface area contributed by atoms with Gasteiger partial charge < -0.3 is 9.80 Å². The molecule has 2 amide bonds. The molecule has 1 fully saturated rings. The molecule has 0 unspecified atom stereocenters. The second kappa shape index (κ2) is 4.93. The molecule has 1 aromatic rings. The average molecular weight is 272 g/mol. The monoisotopic (exact) mass is 272 g/mol. The first-order valence-corrected chi connectivity index (χ1v) is 7.26. The van der Waals surface area contributed by atoms with Gasteiger partial charge in [-0.2, -0.15) is 0 Å². The lowest BCUT2D eigenvalue weighted by Gasteiger charge is -2.23. The molecule has 1 atom stereocenters. The van der Waals surface area contributed by atoms with Crippen molar-refractivity contribution in [3.05, 3.63) is 29.8 Å². The maximum Gasteiger partial charge on any atom is 0.232 e. The van der Waals surface area contributed by atoms with E-state index in [1.807, 2.05) is 41.8 Å². The minimum Gasteiger partial charge on any atom is -0.339 e. The van der Waals surface area contributed by atoms with E-state index in [1.165, 1.54) is 5.56 Å². The van der Waals surface area contributed by atoms with Crippen LogP contribution >= 0.6 is 0 Å². The van der Waals surface area contributed by atoms with Gasteiger partial charge in [-0.15, -0.1) is 0 Å². The van der Waals surface area contributed by atoms with E-state index in [-0.39, 0.29) is 23.8 Å². The standard InChI is InChI=1S/C16H20N2O2/c1-11(2)18-10-13(9-15(18)19)16(20)17-8-7-12-5-3-4-6-14(12)17/h3-6,11,13H,7-10H2,1-2H3/t13-/m1/s1. The lowest BCUT2D eigenvalue weighted by Crippen LogP contribution is -2.37. The number of hydrogen-bond donors (Lipinski definition) is 0. The third-order valence-electron chi connectivity index (χ3n) is 4.28. The van der Waals surface area contributed by atoms with Crippen molar-refractivity contribution in [2.45, 2.75) is 32.7 Å². The van der Waals surface area contributed by atoms with Gasteiger partial charge in [-0.1, -0.05) is 18.2 Å². The summed E-state index contributed by atoms with van der Waals surface area (Å²) in [7, 11) is 0. The number of hydrogen-bond acceptors (Lipinski definition) is 2. The maximum absolute atomic E-state index is 12.7. The molecule has 1 aromatic carbocycles. The Labute approximate surface area is 119 Å². The van der Waals surface area contributed by atoms with Crippen LogP contribution in [0.4, 0.5) is 5.69 Å². The van der Waals surface area contributed by atoms with Crippen molar-refractivity contribution in [3.63, 3.8) is 0 Å². The SMILES string of the molecule is CC(C)N1C[C@H](C(=O)N2CCc3ccccc32)CC1=O. The second-order valence-electron chi connectivity index (χ2n) is 5.91. The van der Waals surface area contributed by atoms with Crippen LogP contribution in [0.5, 0.6) is 0 Å². The van der Waals surface area contributed by atoms with E-state index < -0.39 is 0 Å². The normalized spacial score (nSPS) is 21.8. The van der Waals surface area contributed by atoms with Crippen molar-refractivity contribution < 1.29 is 9.59 Å². The molecule has 1 saturated heterocycles. The minimum absolute atomic E-state index is 0.103. The first-order chi connectivity index (χ1) is 9.58. The fourth-order valence-electron chi connectivity index (χ4n) is 3.18. The van der Waals surface area contributed by atoms with Crippen LogP contribution in [0.1, 0.15) is 25.8 Å². The van der Waals surface area contributed by atoms with Crippen LogP contribution < -0.4 is 4.90 Å². The van der Waals surface area contributed by atoms with E-state index in [9.17, 15) is 9.59 Å². The van der Waals surface area contributed by atoms with E-state index in [2.05, 4.69) is 6.07 Å². The molecule has 20 heavy (non-hydrogen) atoms. The molecule has 106 valence electrons. The molecule has 0 aliphatic carbocycles. The quantitative estimate of drug-likeness (QED) is 0.824. The summed E-state index contributed by atoms with van der Waals surface area (Å²) in [6.45, 7) is 5.30. The highest BCUT2D eigenvalue weighted by atomic mass is 16.2. The third-order valence-corrected chi connectivity index (χ3v) is 4.28. The maximum atomic E-state index is 12.7. The topological polar surface area (TPSA) is 40.6 Å². The van der Waals surface area contributed by atoms with Crippen LogP contribution in [-0.2, 0) is 16.0 Å². The summed E-state index contributed by atoms with van der Waals surface area (Å²) in [5.74, 6) is 0.0216. The number of carbonyl (C=O) groups excluding carboxylic acids is 2. The van der Waals surface area contributed by atoms with Gasteiger partial charge in [-0.3, -0.25) is 9.59 Å². The van der Waals surface area contributed by atoms with Gasteiger partial charge in [0.2, 0.25) is 11.8 Å². The smallest absolute Gasteiger partial charge is 0.232 e. The van der Waals surface area contributed by atoms with E-state index in [1.54, 1.807) is 0 Å². The Morgan fingerprint density at radius 3 is 2.75 bits per heavy atom. The van der Waals surface area contributed by atoms with Gasteiger partial charge in [-0.05, 0) is 31.9 Å². The Morgan fingerprint density at radius 2 is 2.05 bits per heavy atom. The zero-order chi connectivity index (χ0) is 14.3. The number of carbonyl (C=O) groups is 2. The van der Waals surface area contributed by atoms with Gasteiger partial charge in [0.25, 0.3) is 0 Å². The molecule has 0 radical (unpaired) electrons. The average Bonchev–Trinajstić information content (AvgIpc) is 3.01. The van der Waals surface area contributed by atoms with E-state index in [0.717, 1.165) is 18.7 Å². The zero-order valence-corrected chi connectivity index (χ0v) is 12.0. The van der Waals surface area contributed by atoms with Crippen molar-refractivity contribution in [1.29, 1.82) is 0 Å². The molecule has 0 spiro atoms. The molecular weight excluding hydrogens is 252 g/mol. The van der Waals surface area contributed by atoms with Crippen LogP contribution in [-0.4, -0.2) is 35.8 Å². The van der Waals surface area contributed by atoms with Gasteiger partial charge >= 0.3 is 0 Å². The molecule has 0 N–H and O–H groups in total. The molecule has 0 bridgehead atoms. The summed E-state index contributed by atoms with van der Waals surface area (Å²) in [4.78, 5) is 28.3. The number of rotatable bonds is 2. The van der Waals surface area contributed by atoms with Crippen molar-refractivity contribution in [1.82, 2.24) is 4.90 Å². The van der Waals surface area contributed by atoms with Crippen molar-refractivity contribution in [2.24, 2.45) is 5.92 Å². The van der Waals surface area contributed by atoms with Crippen LogP contribution in [0, 0.1) is 5.92 Å². The molecule has 0 saturated carbocycles. The van der Waals surface area contributed by atoms with Gasteiger partial charge in [-0.25, -0.2) is 0 Å². The molecule has 4 heteroatoms.